The summed E-state index contributed by atoms with van der Waals surface area (Å²) in [5, 5.41) is 9.77. The summed E-state index contributed by atoms with van der Waals surface area (Å²) < 4.78 is 3.81. The van der Waals surface area contributed by atoms with E-state index in [9.17, 15) is 14.4 Å². The van der Waals surface area contributed by atoms with Crippen molar-refractivity contribution in [3.63, 3.8) is 0 Å². The van der Waals surface area contributed by atoms with E-state index in [2.05, 4.69) is 20.2 Å². The summed E-state index contributed by atoms with van der Waals surface area (Å²) in [5.74, 6) is -1.13. The van der Waals surface area contributed by atoms with Gasteiger partial charge in [-0.2, -0.15) is 0 Å². The monoisotopic (exact) mass is 435 g/mol. The van der Waals surface area contributed by atoms with Gasteiger partial charge in [-0.05, 0) is 54.9 Å². The van der Waals surface area contributed by atoms with E-state index in [1.54, 1.807) is 36.1 Å². The lowest BCUT2D eigenvalue weighted by Crippen LogP contribution is -2.44. The van der Waals surface area contributed by atoms with Crippen molar-refractivity contribution in [1.82, 2.24) is 25.1 Å². The Kier molecular flexibility index (Phi) is 7.16. The number of rotatable bonds is 5. The maximum atomic E-state index is 12.5. The van der Waals surface area contributed by atoms with Crippen LogP contribution in [0, 0.1) is 12.8 Å². The third-order valence-corrected chi connectivity index (χ3v) is 5.94. The zero-order chi connectivity index (χ0) is 20.8. The molecule has 29 heavy (non-hydrogen) atoms. The van der Waals surface area contributed by atoms with E-state index < -0.39 is 11.8 Å². The molecule has 1 fully saturated rings. The fourth-order valence-electron chi connectivity index (χ4n) is 3.09. The van der Waals surface area contributed by atoms with Crippen molar-refractivity contribution in [2.75, 3.05) is 19.6 Å². The molecular weight excluding hydrogens is 414 g/mol. The Bertz CT molecular complexity index is 878. The van der Waals surface area contributed by atoms with Crippen LogP contribution in [0.25, 0.3) is 0 Å². The molecular formula is C19H22ClN5O3S. The van der Waals surface area contributed by atoms with Crippen molar-refractivity contribution in [3.05, 3.63) is 45.4 Å². The topological polar surface area (TPSA) is 104 Å². The first kappa shape index (κ1) is 21.2. The molecule has 1 aromatic carbocycles. The number of carbonyl (C=O) groups is 3. The summed E-state index contributed by atoms with van der Waals surface area (Å²) in [6.45, 7) is 3.67. The van der Waals surface area contributed by atoms with Gasteiger partial charge in [0.1, 0.15) is 4.88 Å². The van der Waals surface area contributed by atoms with Crippen LogP contribution in [0.2, 0.25) is 5.02 Å². The lowest BCUT2D eigenvalue weighted by atomic mass is 9.96. The molecule has 0 atom stereocenters. The molecule has 0 bridgehead atoms. The molecule has 0 spiro atoms. The summed E-state index contributed by atoms with van der Waals surface area (Å²) >= 11 is 6.93. The highest BCUT2D eigenvalue weighted by Gasteiger charge is 2.26. The van der Waals surface area contributed by atoms with Crippen LogP contribution < -0.4 is 10.6 Å². The molecule has 3 rings (SSSR count). The van der Waals surface area contributed by atoms with Gasteiger partial charge in [-0.1, -0.05) is 28.2 Å². The predicted octanol–water partition coefficient (Wildman–Crippen LogP) is 1.78. The third kappa shape index (κ3) is 5.74. The van der Waals surface area contributed by atoms with Gasteiger partial charge in [0.25, 0.3) is 5.91 Å². The zero-order valence-electron chi connectivity index (χ0n) is 16.0. The molecule has 2 N–H and O–H groups in total. The van der Waals surface area contributed by atoms with Crippen molar-refractivity contribution in [3.8, 4) is 0 Å². The quantitative estimate of drug-likeness (QED) is 0.696. The van der Waals surface area contributed by atoms with Gasteiger partial charge in [0.15, 0.2) is 0 Å². The first-order valence-corrected chi connectivity index (χ1v) is 10.5. The maximum absolute atomic E-state index is 12.5. The lowest BCUT2D eigenvalue weighted by molar-refractivity contribution is -0.139. The van der Waals surface area contributed by atoms with Gasteiger partial charge >= 0.3 is 11.8 Å². The first-order chi connectivity index (χ1) is 13.9. The van der Waals surface area contributed by atoms with E-state index in [0.29, 0.717) is 35.2 Å². The Morgan fingerprint density at radius 3 is 2.41 bits per heavy atom. The maximum Gasteiger partial charge on any atom is 0.309 e. The number of aromatic nitrogens is 2. The second kappa shape index (κ2) is 9.80. The standard InChI is InChI=1S/C19H22ClN5O3S/c1-12-16(29-24-23-12)19(28)25-8-6-14(7-9-25)11-22-18(27)17(26)21-10-13-2-4-15(20)5-3-13/h2-5,14H,6-11H2,1H3,(H,21,26)(H,22,27). The molecule has 154 valence electrons. The van der Waals surface area contributed by atoms with E-state index in [4.69, 9.17) is 11.6 Å². The van der Waals surface area contributed by atoms with Crippen LogP contribution in [-0.2, 0) is 16.1 Å². The molecule has 0 saturated carbocycles. The van der Waals surface area contributed by atoms with Gasteiger partial charge < -0.3 is 15.5 Å². The summed E-state index contributed by atoms with van der Waals surface area (Å²) in [6.07, 6.45) is 1.54. The van der Waals surface area contributed by atoms with Gasteiger partial charge in [-0.25, -0.2) is 0 Å². The Morgan fingerprint density at radius 2 is 1.79 bits per heavy atom. The van der Waals surface area contributed by atoms with Gasteiger partial charge in [0.05, 0.1) is 5.69 Å². The van der Waals surface area contributed by atoms with E-state index >= 15 is 0 Å². The Hall–Kier alpha value is -2.52. The van der Waals surface area contributed by atoms with Crippen molar-refractivity contribution in [2.45, 2.75) is 26.3 Å². The minimum atomic E-state index is -0.666. The number of piperidine rings is 1. The molecule has 1 saturated heterocycles. The number of hydrogen-bond acceptors (Lipinski definition) is 6. The van der Waals surface area contributed by atoms with Crippen LogP contribution in [0.1, 0.15) is 33.8 Å². The average Bonchev–Trinajstić information content (AvgIpc) is 3.17. The average molecular weight is 436 g/mol. The summed E-state index contributed by atoms with van der Waals surface area (Å²) in [5.41, 5.74) is 1.51. The second-order valence-electron chi connectivity index (χ2n) is 6.94. The van der Waals surface area contributed by atoms with Crippen LogP contribution in [-0.4, -0.2) is 51.8 Å². The normalized spacial score (nSPS) is 14.5. The van der Waals surface area contributed by atoms with Crippen LogP contribution in [0.5, 0.6) is 0 Å². The number of nitrogens with one attached hydrogen (secondary N) is 2. The Labute approximate surface area is 177 Å². The number of benzene rings is 1. The number of likely N-dealkylation sites (tertiary alicyclic amines) is 1. The highest BCUT2D eigenvalue weighted by atomic mass is 35.5. The van der Waals surface area contributed by atoms with Gasteiger partial charge in [-0.15, -0.1) is 5.10 Å². The highest BCUT2D eigenvalue weighted by Crippen LogP contribution is 2.20. The van der Waals surface area contributed by atoms with Crippen molar-refractivity contribution >= 4 is 40.9 Å². The molecule has 2 heterocycles. The smallest absolute Gasteiger partial charge is 0.309 e. The second-order valence-corrected chi connectivity index (χ2v) is 8.13. The first-order valence-electron chi connectivity index (χ1n) is 9.32. The van der Waals surface area contributed by atoms with Crippen LogP contribution in [0.4, 0.5) is 0 Å². The molecule has 0 radical (unpaired) electrons. The predicted molar refractivity (Wildman–Crippen MR) is 110 cm³/mol. The van der Waals surface area contributed by atoms with E-state index in [-0.39, 0.29) is 18.4 Å². The van der Waals surface area contributed by atoms with Crippen molar-refractivity contribution in [1.29, 1.82) is 0 Å². The number of nitrogens with zero attached hydrogens (tertiary/aromatic N) is 3. The van der Waals surface area contributed by atoms with E-state index in [1.807, 2.05) is 0 Å². The van der Waals surface area contributed by atoms with Crippen molar-refractivity contribution in [2.24, 2.45) is 5.92 Å². The molecule has 1 aliphatic rings. The SMILES string of the molecule is Cc1nnsc1C(=O)N1CCC(CNC(=O)C(=O)NCc2ccc(Cl)cc2)CC1. The molecule has 0 aliphatic carbocycles. The number of amides is 3. The van der Waals surface area contributed by atoms with Gasteiger partial charge in [-0.3, -0.25) is 14.4 Å². The van der Waals surface area contributed by atoms with Crippen molar-refractivity contribution < 1.29 is 14.4 Å². The third-order valence-electron chi connectivity index (χ3n) is 4.87. The molecule has 2 aromatic rings. The summed E-state index contributed by atoms with van der Waals surface area (Å²) in [7, 11) is 0. The molecule has 0 unspecified atom stereocenters. The molecule has 10 heteroatoms. The number of aryl methyl sites for hydroxylation is 1. The molecule has 1 aromatic heterocycles. The minimum absolute atomic E-state index is 0.0402. The fraction of sp³-hybridized carbons (Fsp3) is 0.421. The number of carbonyl (C=O) groups excluding carboxylic acids is 3. The summed E-state index contributed by atoms with van der Waals surface area (Å²) in [6, 6.07) is 7.04. The largest absolute Gasteiger partial charge is 0.348 e. The Morgan fingerprint density at radius 1 is 1.14 bits per heavy atom. The fourth-order valence-corrected chi connectivity index (χ4v) is 3.84. The highest BCUT2D eigenvalue weighted by molar-refractivity contribution is 7.07. The van der Waals surface area contributed by atoms with Crippen LogP contribution >= 0.6 is 23.1 Å². The number of halogens is 1. The van der Waals surface area contributed by atoms with E-state index in [0.717, 1.165) is 29.9 Å². The van der Waals surface area contributed by atoms with Gasteiger partial charge in [0, 0.05) is 31.2 Å². The van der Waals surface area contributed by atoms with Crippen LogP contribution in [0.3, 0.4) is 0 Å². The summed E-state index contributed by atoms with van der Waals surface area (Å²) in [4.78, 5) is 38.8. The number of hydrogen-bond donors (Lipinski definition) is 2. The molecule has 3 amide bonds. The lowest BCUT2D eigenvalue weighted by Gasteiger charge is -2.31. The molecule has 8 nitrogen and oxygen atoms in total. The zero-order valence-corrected chi connectivity index (χ0v) is 17.6. The van der Waals surface area contributed by atoms with E-state index in [1.165, 1.54) is 0 Å². The minimum Gasteiger partial charge on any atom is -0.348 e. The Balaban J connectivity index is 1.37. The van der Waals surface area contributed by atoms with Crippen LogP contribution in [0.15, 0.2) is 24.3 Å². The molecule has 1 aliphatic heterocycles. The van der Waals surface area contributed by atoms with Gasteiger partial charge in [0.2, 0.25) is 0 Å².